The molecule has 0 aromatic carbocycles. The van der Waals surface area contributed by atoms with Crippen molar-refractivity contribution in [1.82, 2.24) is 5.32 Å². The van der Waals surface area contributed by atoms with Crippen molar-refractivity contribution in [3.05, 3.63) is 0 Å². The first-order chi connectivity index (χ1) is 7.75. The number of carbonyl (C=O) groups excluding carboxylic acids is 1. The molecule has 0 radical (unpaired) electrons. The van der Waals surface area contributed by atoms with Crippen molar-refractivity contribution < 1.29 is 14.6 Å². The van der Waals surface area contributed by atoms with Crippen LogP contribution in [0.5, 0.6) is 0 Å². The van der Waals surface area contributed by atoms with Crippen LogP contribution in [0.15, 0.2) is 0 Å². The number of aliphatic hydroxyl groups excluding tert-OH is 1. The van der Waals surface area contributed by atoms with Gasteiger partial charge in [-0.2, -0.15) is 0 Å². The van der Waals surface area contributed by atoms with Crippen LogP contribution in [-0.2, 0) is 9.53 Å². The molecule has 4 heteroatoms. The highest BCUT2D eigenvalue weighted by molar-refractivity contribution is 5.76. The van der Waals surface area contributed by atoms with Crippen molar-refractivity contribution in [1.29, 1.82) is 0 Å². The molecule has 2 aliphatic rings. The van der Waals surface area contributed by atoms with E-state index in [1.54, 1.807) is 0 Å². The third kappa shape index (κ3) is 3.19. The maximum atomic E-state index is 11.8. The Morgan fingerprint density at radius 2 is 1.88 bits per heavy atom. The van der Waals surface area contributed by atoms with Crippen LogP contribution in [-0.4, -0.2) is 35.9 Å². The lowest BCUT2D eigenvalue weighted by Gasteiger charge is -2.18. The van der Waals surface area contributed by atoms with E-state index in [9.17, 15) is 9.90 Å². The summed E-state index contributed by atoms with van der Waals surface area (Å²) in [7, 11) is 0. The summed E-state index contributed by atoms with van der Waals surface area (Å²) < 4.78 is 5.49. The summed E-state index contributed by atoms with van der Waals surface area (Å²) in [6, 6.07) is -0.293. The molecule has 16 heavy (non-hydrogen) atoms. The molecule has 0 bridgehead atoms. The van der Waals surface area contributed by atoms with Gasteiger partial charge in [-0.3, -0.25) is 4.79 Å². The molecule has 0 spiro atoms. The van der Waals surface area contributed by atoms with E-state index in [0.717, 1.165) is 12.8 Å². The number of aliphatic hydroxyl groups is 1. The molecule has 1 heterocycles. The SMILES string of the molecule is O=C(OC1CCCCCC1)[C@H]1C[C@@H](O)CN1. The third-order valence-corrected chi connectivity index (χ3v) is 3.48. The first kappa shape index (κ1) is 11.9. The largest absolute Gasteiger partial charge is 0.461 e. The van der Waals surface area contributed by atoms with Gasteiger partial charge in [0.05, 0.1) is 6.10 Å². The van der Waals surface area contributed by atoms with E-state index in [4.69, 9.17) is 4.74 Å². The van der Waals surface area contributed by atoms with Gasteiger partial charge in [0, 0.05) is 13.0 Å². The third-order valence-electron chi connectivity index (χ3n) is 3.48. The highest BCUT2D eigenvalue weighted by Crippen LogP contribution is 2.21. The second-order valence-corrected chi connectivity index (χ2v) is 4.90. The molecule has 4 nitrogen and oxygen atoms in total. The van der Waals surface area contributed by atoms with Gasteiger partial charge in [-0.15, -0.1) is 0 Å². The summed E-state index contributed by atoms with van der Waals surface area (Å²) >= 11 is 0. The Kier molecular flexibility index (Phi) is 4.18. The normalized spacial score (nSPS) is 32.3. The van der Waals surface area contributed by atoms with Gasteiger partial charge in [0.2, 0.25) is 0 Å². The number of carbonyl (C=O) groups is 1. The summed E-state index contributed by atoms with van der Waals surface area (Å²) in [6.07, 6.45) is 7.05. The maximum Gasteiger partial charge on any atom is 0.323 e. The van der Waals surface area contributed by atoms with Crippen LogP contribution in [0.3, 0.4) is 0 Å². The molecule has 2 fully saturated rings. The zero-order chi connectivity index (χ0) is 11.4. The molecule has 1 aliphatic heterocycles. The van der Waals surface area contributed by atoms with Gasteiger partial charge in [0.1, 0.15) is 12.1 Å². The number of esters is 1. The molecular formula is C12H21NO3. The van der Waals surface area contributed by atoms with Gasteiger partial charge >= 0.3 is 5.97 Å². The zero-order valence-electron chi connectivity index (χ0n) is 9.65. The predicted molar refractivity (Wildman–Crippen MR) is 60.0 cm³/mol. The molecule has 0 aromatic heterocycles. The van der Waals surface area contributed by atoms with Crippen molar-refractivity contribution in [3.63, 3.8) is 0 Å². The Balaban J connectivity index is 1.77. The molecule has 92 valence electrons. The van der Waals surface area contributed by atoms with Crippen LogP contribution in [0, 0.1) is 0 Å². The van der Waals surface area contributed by atoms with Crippen LogP contribution in [0.1, 0.15) is 44.9 Å². The van der Waals surface area contributed by atoms with Gasteiger partial charge in [-0.25, -0.2) is 0 Å². The van der Waals surface area contributed by atoms with Crippen LogP contribution < -0.4 is 5.32 Å². The maximum absolute atomic E-state index is 11.8. The number of hydrogen-bond donors (Lipinski definition) is 2. The van der Waals surface area contributed by atoms with Gasteiger partial charge < -0.3 is 15.2 Å². The van der Waals surface area contributed by atoms with E-state index < -0.39 is 6.10 Å². The van der Waals surface area contributed by atoms with Crippen LogP contribution in [0.25, 0.3) is 0 Å². The van der Waals surface area contributed by atoms with Crippen molar-refractivity contribution in [2.45, 2.75) is 63.2 Å². The number of β-amino-alcohol motifs (C(OH)–C–C–N with tert-alkyl or cyclic N) is 1. The Labute approximate surface area is 96.4 Å². The Morgan fingerprint density at radius 3 is 2.44 bits per heavy atom. The van der Waals surface area contributed by atoms with Crippen LogP contribution in [0.2, 0.25) is 0 Å². The molecule has 2 atom stereocenters. The summed E-state index contributed by atoms with van der Waals surface area (Å²) in [5, 5.41) is 12.3. The number of rotatable bonds is 2. The van der Waals surface area contributed by atoms with Gasteiger partial charge in [0.25, 0.3) is 0 Å². The monoisotopic (exact) mass is 227 g/mol. The summed E-state index contributed by atoms with van der Waals surface area (Å²) in [5.74, 6) is -0.177. The minimum atomic E-state index is -0.397. The molecule has 0 aromatic rings. The summed E-state index contributed by atoms with van der Waals surface area (Å²) in [5.41, 5.74) is 0. The number of hydrogen-bond acceptors (Lipinski definition) is 4. The van der Waals surface area contributed by atoms with Crippen molar-refractivity contribution >= 4 is 5.97 Å². The van der Waals surface area contributed by atoms with Gasteiger partial charge in [-0.05, 0) is 25.7 Å². The first-order valence-electron chi connectivity index (χ1n) is 6.37. The molecule has 1 saturated carbocycles. The molecular weight excluding hydrogens is 206 g/mol. The zero-order valence-corrected chi connectivity index (χ0v) is 9.65. The smallest absolute Gasteiger partial charge is 0.323 e. The molecule has 1 saturated heterocycles. The Bertz CT molecular complexity index is 236. The fourth-order valence-electron chi connectivity index (χ4n) is 2.50. The highest BCUT2D eigenvalue weighted by atomic mass is 16.5. The Morgan fingerprint density at radius 1 is 1.19 bits per heavy atom. The van der Waals surface area contributed by atoms with Crippen LogP contribution >= 0.6 is 0 Å². The Hall–Kier alpha value is -0.610. The van der Waals surface area contributed by atoms with Crippen molar-refractivity contribution in [3.8, 4) is 0 Å². The van der Waals surface area contributed by atoms with Gasteiger partial charge in [-0.1, -0.05) is 12.8 Å². The predicted octanol–water partition coefficient (Wildman–Crippen LogP) is 0.975. The molecule has 2 rings (SSSR count). The molecule has 0 amide bonds. The van der Waals surface area contributed by atoms with E-state index >= 15 is 0 Å². The lowest BCUT2D eigenvalue weighted by Crippen LogP contribution is -2.34. The highest BCUT2D eigenvalue weighted by Gasteiger charge is 2.30. The molecule has 0 unspecified atom stereocenters. The number of ether oxygens (including phenoxy) is 1. The second-order valence-electron chi connectivity index (χ2n) is 4.90. The van der Waals surface area contributed by atoms with Crippen LogP contribution in [0.4, 0.5) is 0 Å². The van der Waals surface area contributed by atoms with E-state index in [2.05, 4.69) is 5.32 Å². The minimum Gasteiger partial charge on any atom is -0.461 e. The van der Waals surface area contributed by atoms with Crippen molar-refractivity contribution in [2.24, 2.45) is 0 Å². The minimum absolute atomic E-state index is 0.106. The average molecular weight is 227 g/mol. The summed E-state index contributed by atoms with van der Waals surface area (Å²) in [6.45, 7) is 0.504. The van der Waals surface area contributed by atoms with E-state index in [-0.39, 0.29) is 18.1 Å². The molecule has 2 N–H and O–H groups in total. The lowest BCUT2D eigenvalue weighted by atomic mass is 10.1. The van der Waals surface area contributed by atoms with E-state index in [0.29, 0.717) is 13.0 Å². The van der Waals surface area contributed by atoms with E-state index in [1.807, 2.05) is 0 Å². The first-order valence-corrected chi connectivity index (χ1v) is 6.37. The van der Waals surface area contributed by atoms with Gasteiger partial charge in [0.15, 0.2) is 0 Å². The van der Waals surface area contributed by atoms with E-state index in [1.165, 1.54) is 25.7 Å². The quantitative estimate of drug-likeness (QED) is 0.545. The second kappa shape index (κ2) is 5.64. The van der Waals surface area contributed by atoms with Crippen molar-refractivity contribution in [2.75, 3.05) is 6.54 Å². The molecule has 1 aliphatic carbocycles. The fraction of sp³-hybridized carbons (Fsp3) is 0.917. The summed E-state index contributed by atoms with van der Waals surface area (Å²) in [4.78, 5) is 11.8. The topological polar surface area (TPSA) is 58.6 Å². The standard InChI is InChI=1S/C12H21NO3/c14-9-7-11(13-8-9)12(15)16-10-5-3-1-2-4-6-10/h9-11,13-14H,1-8H2/t9-,11-/m1/s1. The number of nitrogens with one attached hydrogen (secondary N) is 1. The lowest BCUT2D eigenvalue weighted by molar-refractivity contribution is -0.152. The fourth-order valence-corrected chi connectivity index (χ4v) is 2.50. The average Bonchev–Trinajstić information content (AvgIpc) is 2.54.